The topological polar surface area (TPSA) is 33.2 Å². The lowest BCUT2D eigenvalue weighted by molar-refractivity contribution is -0.125. The van der Waals surface area contributed by atoms with Crippen LogP contribution >= 0.6 is 0 Å². The molecule has 19 heavy (non-hydrogen) atoms. The van der Waals surface area contributed by atoms with Crippen LogP contribution < -0.4 is 0 Å². The predicted molar refractivity (Wildman–Crippen MR) is 75.8 cm³/mol. The molecular formula is C16H18N2O. The minimum atomic E-state index is 0.161. The van der Waals surface area contributed by atoms with E-state index in [1.54, 1.807) is 0 Å². The van der Waals surface area contributed by atoms with Gasteiger partial charge in [0.2, 0.25) is 0 Å². The largest absolute Gasteiger partial charge is 0.299 e. The van der Waals surface area contributed by atoms with Crippen LogP contribution in [0.3, 0.4) is 0 Å². The maximum atomic E-state index is 11.5. The zero-order chi connectivity index (χ0) is 13.2. The van der Waals surface area contributed by atoms with Crippen molar-refractivity contribution >= 4 is 16.7 Å². The molecule has 0 spiro atoms. The van der Waals surface area contributed by atoms with Crippen molar-refractivity contribution in [3.05, 3.63) is 42.1 Å². The molecule has 0 saturated carbocycles. The predicted octanol–water partition coefficient (Wildman–Crippen LogP) is 2.65. The van der Waals surface area contributed by atoms with Crippen molar-refractivity contribution in [3.63, 3.8) is 0 Å². The maximum Gasteiger partial charge on any atom is 0.138 e. The Morgan fingerprint density at radius 2 is 2.11 bits per heavy atom. The quantitative estimate of drug-likeness (QED) is 0.826. The van der Waals surface area contributed by atoms with Crippen molar-refractivity contribution in [2.24, 2.45) is 5.92 Å². The molecule has 1 aliphatic rings. The summed E-state index contributed by atoms with van der Waals surface area (Å²) in [6.45, 7) is 4.57. The number of carbonyl (C=O) groups is 1. The van der Waals surface area contributed by atoms with E-state index in [9.17, 15) is 4.79 Å². The van der Waals surface area contributed by atoms with Gasteiger partial charge in [-0.3, -0.25) is 14.7 Å². The van der Waals surface area contributed by atoms with E-state index in [1.165, 1.54) is 5.39 Å². The molecule has 98 valence electrons. The van der Waals surface area contributed by atoms with Crippen molar-refractivity contribution in [3.8, 4) is 0 Å². The summed E-state index contributed by atoms with van der Waals surface area (Å²) in [5.74, 6) is 0.553. The number of para-hydroxylation sites is 1. The highest BCUT2D eigenvalue weighted by atomic mass is 16.1. The SMILES string of the molecule is CC1CN(Cc2ccc3ccccc3n2)CCC1=O. The minimum absolute atomic E-state index is 0.161. The van der Waals surface area contributed by atoms with E-state index in [4.69, 9.17) is 0 Å². The zero-order valence-electron chi connectivity index (χ0n) is 11.2. The molecule has 0 aliphatic carbocycles. The Kier molecular flexibility index (Phi) is 3.30. The minimum Gasteiger partial charge on any atom is -0.299 e. The lowest BCUT2D eigenvalue weighted by atomic mass is 9.98. The van der Waals surface area contributed by atoms with Gasteiger partial charge in [-0.25, -0.2) is 0 Å². The van der Waals surface area contributed by atoms with E-state index in [-0.39, 0.29) is 5.92 Å². The lowest BCUT2D eigenvalue weighted by Gasteiger charge is -2.29. The second-order valence-electron chi connectivity index (χ2n) is 5.35. The third kappa shape index (κ3) is 2.66. The fraction of sp³-hybridized carbons (Fsp3) is 0.375. The van der Waals surface area contributed by atoms with E-state index in [1.807, 2.05) is 25.1 Å². The van der Waals surface area contributed by atoms with Crippen molar-refractivity contribution < 1.29 is 4.79 Å². The van der Waals surface area contributed by atoms with E-state index in [0.29, 0.717) is 12.2 Å². The van der Waals surface area contributed by atoms with Gasteiger partial charge >= 0.3 is 0 Å². The van der Waals surface area contributed by atoms with Crippen molar-refractivity contribution in [1.29, 1.82) is 0 Å². The summed E-state index contributed by atoms with van der Waals surface area (Å²) in [5.41, 5.74) is 2.13. The van der Waals surface area contributed by atoms with Crippen molar-refractivity contribution in [2.45, 2.75) is 19.9 Å². The number of piperidine rings is 1. The van der Waals surface area contributed by atoms with Gasteiger partial charge in [-0.15, -0.1) is 0 Å². The normalized spacial score (nSPS) is 20.9. The molecule has 2 aromatic rings. The van der Waals surface area contributed by atoms with Crippen LogP contribution in [0.1, 0.15) is 19.0 Å². The van der Waals surface area contributed by atoms with Crippen LogP contribution in [-0.2, 0) is 11.3 Å². The summed E-state index contributed by atoms with van der Waals surface area (Å²) < 4.78 is 0. The summed E-state index contributed by atoms with van der Waals surface area (Å²) in [5, 5.41) is 1.17. The van der Waals surface area contributed by atoms with Gasteiger partial charge in [0.1, 0.15) is 5.78 Å². The molecule has 2 heterocycles. The Hall–Kier alpha value is -1.74. The first kappa shape index (κ1) is 12.3. The summed E-state index contributed by atoms with van der Waals surface area (Å²) in [7, 11) is 0. The Balaban J connectivity index is 1.76. The van der Waals surface area contributed by atoms with E-state index in [2.05, 4.69) is 28.1 Å². The standard InChI is InChI=1S/C16H18N2O/c1-12-10-18(9-8-16(12)19)11-14-7-6-13-4-2-3-5-15(13)17-14/h2-7,12H,8-11H2,1H3. The van der Waals surface area contributed by atoms with Gasteiger partial charge in [-0.1, -0.05) is 31.2 Å². The Morgan fingerprint density at radius 1 is 1.26 bits per heavy atom. The number of rotatable bonds is 2. The number of Topliss-reactive ketones (excluding diaryl/α,β-unsaturated/α-hetero) is 1. The van der Waals surface area contributed by atoms with Crippen molar-refractivity contribution in [2.75, 3.05) is 13.1 Å². The molecule has 1 aromatic heterocycles. The number of likely N-dealkylation sites (tertiary alicyclic amines) is 1. The first-order valence-electron chi connectivity index (χ1n) is 6.82. The van der Waals surface area contributed by atoms with Crippen LogP contribution in [0.25, 0.3) is 10.9 Å². The van der Waals surface area contributed by atoms with Gasteiger partial charge in [0.25, 0.3) is 0 Å². The Morgan fingerprint density at radius 3 is 2.95 bits per heavy atom. The molecule has 1 unspecified atom stereocenters. The smallest absolute Gasteiger partial charge is 0.138 e. The lowest BCUT2D eigenvalue weighted by Crippen LogP contribution is -2.39. The summed E-state index contributed by atoms with van der Waals surface area (Å²) >= 11 is 0. The molecule has 1 aliphatic heterocycles. The van der Waals surface area contributed by atoms with Crippen molar-refractivity contribution in [1.82, 2.24) is 9.88 Å². The van der Waals surface area contributed by atoms with Gasteiger partial charge in [0.15, 0.2) is 0 Å². The number of hydrogen-bond donors (Lipinski definition) is 0. The molecule has 3 rings (SSSR count). The van der Waals surface area contributed by atoms with E-state index >= 15 is 0 Å². The fourth-order valence-electron chi connectivity index (χ4n) is 2.66. The molecule has 1 aromatic carbocycles. The number of hydrogen-bond acceptors (Lipinski definition) is 3. The fourth-order valence-corrected chi connectivity index (χ4v) is 2.66. The van der Waals surface area contributed by atoms with Crippen LogP contribution in [0.15, 0.2) is 36.4 Å². The maximum absolute atomic E-state index is 11.5. The third-order valence-corrected chi connectivity index (χ3v) is 3.80. The molecule has 1 atom stereocenters. The summed E-state index contributed by atoms with van der Waals surface area (Å²) in [6, 6.07) is 12.4. The van der Waals surface area contributed by atoms with E-state index in [0.717, 1.165) is 30.8 Å². The molecule has 1 fully saturated rings. The molecule has 0 N–H and O–H groups in total. The molecule has 3 nitrogen and oxygen atoms in total. The highest BCUT2D eigenvalue weighted by Crippen LogP contribution is 2.17. The second kappa shape index (κ2) is 5.10. The first-order valence-corrected chi connectivity index (χ1v) is 6.82. The summed E-state index contributed by atoms with van der Waals surface area (Å²) in [6.07, 6.45) is 0.675. The van der Waals surface area contributed by atoms with Gasteiger partial charge in [-0.2, -0.15) is 0 Å². The number of fused-ring (bicyclic) bond motifs is 1. The molecule has 3 heteroatoms. The van der Waals surface area contributed by atoms with Crippen LogP contribution in [0.2, 0.25) is 0 Å². The molecule has 0 amide bonds. The highest BCUT2D eigenvalue weighted by molar-refractivity contribution is 5.81. The zero-order valence-corrected chi connectivity index (χ0v) is 11.2. The number of benzene rings is 1. The average Bonchev–Trinajstić information content (AvgIpc) is 2.43. The number of carbonyl (C=O) groups excluding carboxylic acids is 1. The molecule has 0 bridgehead atoms. The second-order valence-corrected chi connectivity index (χ2v) is 5.35. The van der Waals surface area contributed by atoms with Crippen LogP contribution in [0, 0.1) is 5.92 Å². The van der Waals surface area contributed by atoms with Gasteiger partial charge in [-0.05, 0) is 12.1 Å². The molecular weight excluding hydrogens is 236 g/mol. The average molecular weight is 254 g/mol. The van der Waals surface area contributed by atoms with Crippen LogP contribution in [-0.4, -0.2) is 28.8 Å². The third-order valence-electron chi connectivity index (χ3n) is 3.80. The monoisotopic (exact) mass is 254 g/mol. The Labute approximate surface area is 113 Å². The van der Waals surface area contributed by atoms with Gasteiger partial charge in [0, 0.05) is 37.4 Å². The number of pyridine rings is 1. The molecule has 1 saturated heterocycles. The van der Waals surface area contributed by atoms with Gasteiger partial charge < -0.3 is 0 Å². The number of ketones is 1. The van der Waals surface area contributed by atoms with Gasteiger partial charge in [0.05, 0.1) is 11.2 Å². The highest BCUT2D eigenvalue weighted by Gasteiger charge is 2.23. The summed E-state index contributed by atoms with van der Waals surface area (Å²) in [4.78, 5) is 18.5. The first-order chi connectivity index (χ1) is 9.22. The number of aromatic nitrogens is 1. The van der Waals surface area contributed by atoms with Crippen LogP contribution in [0.4, 0.5) is 0 Å². The number of nitrogens with zero attached hydrogens (tertiary/aromatic N) is 2. The van der Waals surface area contributed by atoms with E-state index < -0.39 is 0 Å². The Bertz CT molecular complexity index is 608. The molecule has 0 radical (unpaired) electrons. The van der Waals surface area contributed by atoms with Crippen LogP contribution in [0.5, 0.6) is 0 Å².